The van der Waals surface area contributed by atoms with Gasteiger partial charge in [-0.15, -0.1) is 0 Å². The molecule has 0 aliphatic carbocycles. The van der Waals surface area contributed by atoms with Crippen molar-refractivity contribution >= 4 is 11.9 Å². The minimum Gasteiger partial charge on any atom is -0.461 e. The Morgan fingerprint density at radius 1 is 0.667 bits per heavy atom. The second-order valence-corrected chi connectivity index (χ2v) is 10.3. The van der Waals surface area contributed by atoms with Gasteiger partial charge in [0, 0.05) is 0 Å². The van der Waals surface area contributed by atoms with Crippen LogP contribution in [0, 0.1) is 31.1 Å². The number of carbonyl (C=O) groups is 2. The first-order valence-electron chi connectivity index (χ1n) is 12.0. The molecule has 0 aliphatic rings. The number of hydrogen-bond donors (Lipinski definition) is 0. The van der Waals surface area contributed by atoms with Crippen LogP contribution >= 0.6 is 0 Å². The lowest BCUT2D eigenvalue weighted by molar-refractivity contribution is -0.153. The quantitative estimate of drug-likeness (QED) is 0.327. The predicted octanol–water partition coefficient (Wildman–Crippen LogP) is 6.95. The maximum absolute atomic E-state index is 12.9. The number of ether oxygens (including phenoxy) is 2. The molecule has 0 aromatic heterocycles. The summed E-state index contributed by atoms with van der Waals surface area (Å²) in [5, 5.41) is 0. The normalized spacial score (nSPS) is 11.6. The molecular weight excluding hydrogens is 412 g/mol. The first-order valence-corrected chi connectivity index (χ1v) is 12.0. The van der Waals surface area contributed by atoms with Crippen LogP contribution in [0.5, 0.6) is 0 Å². The molecule has 2 aromatic rings. The van der Waals surface area contributed by atoms with Crippen molar-refractivity contribution in [3.05, 3.63) is 70.8 Å². The SMILES string of the molecule is Cc1ccc(COC(=O)CC(CC(=O)OCc2ccc(C)cc2)(CC(C)C)CC(C)C)cc1. The summed E-state index contributed by atoms with van der Waals surface area (Å²) in [6.45, 7) is 13.1. The van der Waals surface area contributed by atoms with Gasteiger partial charge in [0.15, 0.2) is 0 Å². The van der Waals surface area contributed by atoms with Crippen LogP contribution in [0.15, 0.2) is 48.5 Å². The summed E-state index contributed by atoms with van der Waals surface area (Å²) in [7, 11) is 0. The Morgan fingerprint density at radius 2 is 1.00 bits per heavy atom. The second-order valence-electron chi connectivity index (χ2n) is 10.3. The summed E-state index contributed by atoms with van der Waals surface area (Å²) in [6.07, 6.45) is 1.97. The molecule has 0 saturated carbocycles. The van der Waals surface area contributed by atoms with Gasteiger partial charge in [0.25, 0.3) is 0 Å². The Kier molecular flexibility index (Phi) is 10.1. The highest BCUT2D eigenvalue weighted by Gasteiger charge is 2.37. The molecule has 180 valence electrons. The average Bonchev–Trinajstić information content (AvgIpc) is 2.71. The summed E-state index contributed by atoms with van der Waals surface area (Å²) in [4.78, 5) is 25.8. The zero-order valence-electron chi connectivity index (χ0n) is 21.1. The van der Waals surface area contributed by atoms with Gasteiger partial charge in [-0.05, 0) is 55.1 Å². The van der Waals surface area contributed by atoms with Crippen LogP contribution in [-0.2, 0) is 32.3 Å². The van der Waals surface area contributed by atoms with Gasteiger partial charge in [0.2, 0.25) is 0 Å². The smallest absolute Gasteiger partial charge is 0.306 e. The molecule has 0 spiro atoms. The van der Waals surface area contributed by atoms with E-state index in [9.17, 15) is 9.59 Å². The Labute approximate surface area is 199 Å². The Bertz CT molecular complexity index is 803. The molecular formula is C29H40O4. The summed E-state index contributed by atoms with van der Waals surface area (Å²) < 4.78 is 11.2. The number of aryl methyl sites for hydroxylation is 2. The van der Waals surface area contributed by atoms with Gasteiger partial charge < -0.3 is 9.47 Å². The fourth-order valence-corrected chi connectivity index (χ4v) is 4.58. The molecule has 0 N–H and O–H groups in total. The number of carbonyl (C=O) groups excluding carboxylic acids is 2. The van der Waals surface area contributed by atoms with Crippen LogP contribution in [0.25, 0.3) is 0 Å². The van der Waals surface area contributed by atoms with Gasteiger partial charge in [-0.3, -0.25) is 9.59 Å². The summed E-state index contributed by atoms with van der Waals surface area (Å²) in [6, 6.07) is 15.9. The topological polar surface area (TPSA) is 52.6 Å². The standard InChI is InChI=1S/C29H40O4/c1-21(2)15-29(16-22(3)4,17-27(30)32-19-25-11-7-23(5)8-12-25)18-28(31)33-20-26-13-9-24(6)10-14-26/h7-14,21-22H,15-20H2,1-6H3. The van der Waals surface area contributed by atoms with Gasteiger partial charge >= 0.3 is 11.9 Å². The maximum Gasteiger partial charge on any atom is 0.306 e. The highest BCUT2D eigenvalue weighted by molar-refractivity contribution is 5.74. The lowest BCUT2D eigenvalue weighted by Crippen LogP contribution is -2.32. The van der Waals surface area contributed by atoms with Crippen molar-refractivity contribution < 1.29 is 19.1 Å². The Hall–Kier alpha value is -2.62. The number of hydrogen-bond acceptors (Lipinski definition) is 4. The third-order valence-corrected chi connectivity index (χ3v) is 5.76. The molecule has 4 nitrogen and oxygen atoms in total. The van der Waals surface area contributed by atoms with Crippen molar-refractivity contribution in [1.82, 2.24) is 0 Å². The molecule has 0 unspecified atom stereocenters. The molecule has 2 rings (SSSR count). The minimum atomic E-state index is -0.475. The van der Waals surface area contributed by atoms with Crippen LogP contribution in [0.1, 0.15) is 75.6 Å². The van der Waals surface area contributed by atoms with E-state index in [1.807, 2.05) is 62.4 Å². The molecule has 0 radical (unpaired) electrons. The van der Waals surface area contributed by atoms with Gasteiger partial charge in [-0.25, -0.2) is 0 Å². The van der Waals surface area contributed by atoms with Crippen LogP contribution in [0.2, 0.25) is 0 Å². The predicted molar refractivity (Wildman–Crippen MR) is 133 cm³/mol. The maximum atomic E-state index is 12.9. The second kappa shape index (κ2) is 12.6. The van der Waals surface area contributed by atoms with E-state index in [0.29, 0.717) is 11.8 Å². The van der Waals surface area contributed by atoms with E-state index in [1.54, 1.807) is 0 Å². The van der Waals surface area contributed by atoms with E-state index in [0.717, 1.165) is 24.0 Å². The van der Waals surface area contributed by atoms with E-state index in [-0.39, 0.29) is 38.0 Å². The molecule has 4 heteroatoms. The van der Waals surface area contributed by atoms with Crippen molar-refractivity contribution in [2.45, 2.75) is 80.4 Å². The Morgan fingerprint density at radius 3 is 1.30 bits per heavy atom. The zero-order valence-corrected chi connectivity index (χ0v) is 21.1. The van der Waals surface area contributed by atoms with Crippen LogP contribution in [-0.4, -0.2) is 11.9 Å². The highest BCUT2D eigenvalue weighted by atomic mass is 16.5. The van der Waals surface area contributed by atoms with Crippen molar-refractivity contribution in [3.8, 4) is 0 Å². The van der Waals surface area contributed by atoms with Gasteiger partial charge in [0.1, 0.15) is 13.2 Å². The third-order valence-electron chi connectivity index (χ3n) is 5.76. The molecule has 0 aliphatic heterocycles. The molecule has 33 heavy (non-hydrogen) atoms. The lowest BCUT2D eigenvalue weighted by Gasteiger charge is -2.35. The molecule has 2 aromatic carbocycles. The molecule has 0 atom stereocenters. The van der Waals surface area contributed by atoms with Crippen molar-refractivity contribution in [2.75, 3.05) is 0 Å². The van der Waals surface area contributed by atoms with Crippen LogP contribution in [0.3, 0.4) is 0 Å². The van der Waals surface area contributed by atoms with E-state index in [1.165, 1.54) is 11.1 Å². The van der Waals surface area contributed by atoms with E-state index in [2.05, 4.69) is 27.7 Å². The van der Waals surface area contributed by atoms with Gasteiger partial charge in [-0.1, -0.05) is 87.4 Å². The minimum absolute atomic E-state index is 0.217. The first-order chi connectivity index (χ1) is 15.6. The third kappa shape index (κ3) is 9.81. The number of benzene rings is 2. The molecule has 0 fully saturated rings. The molecule has 0 heterocycles. The summed E-state index contributed by atoms with van der Waals surface area (Å²) >= 11 is 0. The van der Waals surface area contributed by atoms with Crippen molar-refractivity contribution in [2.24, 2.45) is 17.3 Å². The number of esters is 2. The average molecular weight is 453 g/mol. The largest absolute Gasteiger partial charge is 0.461 e. The fraction of sp³-hybridized carbons (Fsp3) is 0.517. The molecule has 0 amide bonds. The van der Waals surface area contributed by atoms with Crippen LogP contribution in [0.4, 0.5) is 0 Å². The molecule has 0 saturated heterocycles. The fourth-order valence-electron chi connectivity index (χ4n) is 4.58. The monoisotopic (exact) mass is 452 g/mol. The summed E-state index contributed by atoms with van der Waals surface area (Å²) in [5.74, 6) is 0.170. The van der Waals surface area contributed by atoms with E-state index in [4.69, 9.17) is 9.47 Å². The van der Waals surface area contributed by atoms with Crippen LogP contribution < -0.4 is 0 Å². The number of rotatable bonds is 12. The van der Waals surface area contributed by atoms with Crippen molar-refractivity contribution in [3.63, 3.8) is 0 Å². The van der Waals surface area contributed by atoms with E-state index >= 15 is 0 Å². The van der Waals surface area contributed by atoms with Crippen molar-refractivity contribution in [1.29, 1.82) is 0 Å². The molecule has 0 bridgehead atoms. The van der Waals surface area contributed by atoms with Gasteiger partial charge in [0.05, 0.1) is 12.8 Å². The highest BCUT2D eigenvalue weighted by Crippen LogP contribution is 2.41. The summed E-state index contributed by atoms with van der Waals surface area (Å²) in [5.41, 5.74) is 3.79. The zero-order chi connectivity index (χ0) is 24.4. The Balaban J connectivity index is 2.07. The first kappa shape index (κ1) is 26.6. The van der Waals surface area contributed by atoms with E-state index < -0.39 is 5.41 Å². The van der Waals surface area contributed by atoms with Gasteiger partial charge in [-0.2, -0.15) is 0 Å². The lowest BCUT2D eigenvalue weighted by atomic mass is 9.69.